The molecule has 0 amide bonds. The third kappa shape index (κ3) is 3.95. The van der Waals surface area contributed by atoms with Gasteiger partial charge in [-0.15, -0.1) is 0 Å². The number of hydrogen-bond acceptors (Lipinski definition) is 4. The minimum absolute atomic E-state index is 0.290. The first-order valence-corrected chi connectivity index (χ1v) is 6.67. The van der Waals surface area contributed by atoms with Crippen molar-refractivity contribution in [1.29, 1.82) is 5.26 Å². The molecule has 1 heterocycles. The summed E-state index contributed by atoms with van der Waals surface area (Å²) in [5.41, 5.74) is 0.630. The second-order valence-corrected chi connectivity index (χ2v) is 4.98. The summed E-state index contributed by atoms with van der Waals surface area (Å²) in [7, 11) is 0. The van der Waals surface area contributed by atoms with E-state index in [-0.39, 0.29) is 6.10 Å². The predicted octanol–water partition coefficient (Wildman–Crippen LogP) is 2.05. The van der Waals surface area contributed by atoms with E-state index in [1.165, 1.54) is 0 Å². The molecule has 2 rings (SSSR count). The van der Waals surface area contributed by atoms with Crippen LogP contribution in [0.3, 0.4) is 0 Å². The van der Waals surface area contributed by atoms with Crippen molar-refractivity contribution in [3.05, 3.63) is 29.8 Å². The molecule has 19 heavy (non-hydrogen) atoms. The summed E-state index contributed by atoms with van der Waals surface area (Å²) in [4.78, 5) is 2.38. The highest BCUT2D eigenvalue weighted by atomic mass is 16.5. The third-order valence-electron chi connectivity index (χ3n) is 3.35. The Labute approximate surface area is 114 Å². The molecule has 2 atom stereocenters. The molecule has 1 aliphatic heterocycles. The van der Waals surface area contributed by atoms with Gasteiger partial charge in [-0.05, 0) is 32.0 Å². The molecule has 0 saturated carbocycles. The second kappa shape index (κ2) is 6.55. The SMILES string of the molecule is C[C@@H]1CN(CCOc2cccc(C#N)c2)[C@@H](C)CO1. The zero-order valence-corrected chi connectivity index (χ0v) is 11.5. The van der Waals surface area contributed by atoms with Crippen molar-refractivity contribution in [1.82, 2.24) is 4.90 Å². The Morgan fingerprint density at radius 1 is 1.47 bits per heavy atom. The number of hydrogen-bond donors (Lipinski definition) is 0. The van der Waals surface area contributed by atoms with Gasteiger partial charge in [0, 0.05) is 19.1 Å². The van der Waals surface area contributed by atoms with Crippen LogP contribution in [0.2, 0.25) is 0 Å². The maximum absolute atomic E-state index is 8.83. The van der Waals surface area contributed by atoms with Crippen LogP contribution in [0.15, 0.2) is 24.3 Å². The Morgan fingerprint density at radius 3 is 3.11 bits per heavy atom. The highest BCUT2D eigenvalue weighted by Crippen LogP contribution is 2.14. The smallest absolute Gasteiger partial charge is 0.120 e. The molecule has 0 radical (unpaired) electrons. The normalized spacial score (nSPS) is 23.8. The molecule has 0 aromatic heterocycles. The van der Waals surface area contributed by atoms with Crippen LogP contribution in [0, 0.1) is 11.3 Å². The largest absolute Gasteiger partial charge is 0.492 e. The van der Waals surface area contributed by atoms with Gasteiger partial charge in [0.1, 0.15) is 12.4 Å². The number of benzene rings is 1. The zero-order valence-electron chi connectivity index (χ0n) is 11.5. The lowest BCUT2D eigenvalue weighted by Gasteiger charge is -2.36. The van der Waals surface area contributed by atoms with Crippen molar-refractivity contribution >= 4 is 0 Å². The maximum Gasteiger partial charge on any atom is 0.120 e. The van der Waals surface area contributed by atoms with Crippen molar-refractivity contribution in [3.63, 3.8) is 0 Å². The quantitative estimate of drug-likeness (QED) is 0.831. The maximum atomic E-state index is 8.83. The summed E-state index contributed by atoms with van der Waals surface area (Å²) in [6, 6.07) is 9.82. The fraction of sp³-hybridized carbons (Fsp3) is 0.533. The first-order valence-electron chi connectivity index (χ1n) is 6.67. The Bertz CT molecular complexity index is 456. The predicted molar refractivity (Wildman–Crippen MR) is 73.1 cm³/mol. The summed E-state index contributed by atoms with van der Waals surface area (Å²) in [5.74, 6) is 0.757. The van der Waals surface area contributed by atoms with Crippen molar-refractivity contribution in [2.24, 2.45) is 0 Å². The summed E-state index contributed by atoms with van der Waals surface area (Å²) in [5, 5.41) is 8.83. The molecule has 1 aliphatic rings. The van der Waals surface area contributed by atoms with Crippen molar-refractivity contribution in [2.45, 2.75) is 26.0 Å². The molecule has 0 spiro atoms. The minimum atomic E-state index is 0.290. The highest BCUT2D eigenvalue weighted by Gasteiger charge is 2.22. The lowest BCUT2D eigenvalue weighted by Crippen LogP contribution is -2.48. The van der Waals surface area contributed by atoms with Crippen LogP contribution in [0.1, 0.15) is 19.4 Å². The van der Waals surface area contributed by atoms with Crippen LogP contribution in [0.5, 0.6) is 5.75 Å². The Kier molecular flexibility index (Phi) is 4.78. The minimum Gasteiger partial charge on any atom is -0.492 e. The van der Waals surface area contributed by atoms with Gasteiger partial charge >= 0.3 is 0 Å². The van der Waals surface area contributed by atoms with E-state index in [0.717, 1.165) is 25.4 Å². The topological polar surface area (TPSA) is 45.5 Å². The van der Waals surface area contributed by atoms with Crippen molar-refractivity contribution in [3.8, 4) is 11.8 Å². The fourth-order valence-electron chi connectivity index (χ4n) is 2.22. The van der Waals surface area contributed by atoms with Gasteiger partial charge < -0.3 is 9.47 Å². The summed E-state index contributed by atoms with van der Waals surface area (Å²) >= 11 is 0. The molecule has 1 aromatic rings. The molecular weight excluding hydrogens is 240 g/mol. The van der Waals surface area contributed by atoms with E-state index in [4.69, 9.17) is 14.7 Å². The Balaban J connectivity index is 1.81. The average Bonchev–Trinajstić information content (AvgIpc) is 2.43. The molecule has 0 unspecified atom stereocenters. The molecular formula is C15H20N2O2. The van der Waals surface area contributed by atoms with E-state index in [1.807, 2.05) is 12.1 Å². The van der Waals surface area contributed by atoms with Crippen LogP contribution >= 0.6 is 0 Å². The van der Waals surface area contributed by atoms with Gasteiger partial charge in [0.15, 0.2) is 0 Å². The first kappa shape index (κ1) is 13.9. The molecule has 0 aliphatic carbocycles. The Morgan fingerprint density at radius 2 is 2.32 bits per heavy atom. The number of nitrogens with zero attached hydrogens (tertiary/aromatic N) is 2. The lowest BCUT2D eigenvalue weighted by atomic mass is 10.2. The van der Waals surface area contributed by atoms with Gasteiger partial charge in [0.05, 0.1) is 24.3 Å². The number of rotatable bonds is 4. The lowest BCUT2D eigenvalue weighted by molar-refractivity contribution is -0.0522. The van der Waals surface area contributed by atoms with Crippen molar-refractivity contribution in [2.75, 3.05) is 26.3 Å². The standard InChI is InChI=1S/C15H20N2O2/c1-12-11-19-13(2)10-17(12)6-7-18-15-5-3-4-14(8-15)9-16/h3-5,8,12-13H,6-7,10-11H2,1-2H3/t12-,13+/m0/s1. The van der Waals surface area contributed by atoms with E-state index in [2.05, 4.69) is 24.8 Å². The molecule has 1 saturated heterocycles. The van der Waals surface area contributed by atoms with Gasteiger partial charge in [0.2, 0.25) is 0 Å². The molecule has 0 N–H and O–H groups in total. The zero-order chi connectivity index (χ0) is 13.7. The summed E-state index contributed by atoms with van der Waals surface area (Å²) in [6.45, 7) is 7.50. The summed E-state index contributed by atoms with van der Waals surface area (Å²) < 4.78 is 11.3. The Hall–Kier alpha value is -1.57. The monoisotopic (exact) mass is 260 g/mol. The second-order valence-electron chi connectivity index (χ2n) is 4.98. The van der Waals surface area contributed by atoms with E-state index in [0.29, 0.717) is 18.2 Å². The molecule has 1 fully saturated rings. The van der Waals surface area contributed by atoms with Crippen LogP contribution in [-0.4, -0.2) is 43.3 Å². The molecule has 0 bridgehead atoms. The molecule has 1 aromatic carbocycles. The van der Waals surface area contributed by atoms with Crippen LogP contribution in [-0.2, 0) is 4.74 Å². The van der Waals surface area contributed by atoms with Gasteiger partial charge in [-0.3, -0.25) is 4.90 Å². The van der Waals surface area contributed by atoms with Crippen LogP contribution in [0.25, 0.3) is 0 Å². The van der Waals surface area contributed by atoms with E-state index in [1.54, 1.807) is 12.1 Å². The van der Waals surface area contributed by atoms with Gasteiger partial charge in [-0.2, -0.15) is 5.26 Å². The average molecular weight is 260 g/mol. The van der Waals surface area contributed by atoms with Crippen molar-refractivity contribution < 1.29 is 9.47 Å². The van der Waals surface area contributed by atoms with Gasteiger partial charge in [-0.1, -0.05) is 6.07 Å². The van der Waals surface area contributed by atoms with Crippen LogP contribution < -0.4 is 4.74 Å². The number of ether oxygens (including phenoxy) is 2. The first-order chi connectivity index (χ1) is 9.19. The fourth-order valence-corrected chi connectivity index (χ4v) is 2.22. The molecule has 4 heteroatoms. The van der Waals surface area contributed by atoms with Gasteiger partial charge in [-0.25, -0.2) is 0 Å². The third-order valence-corrected chi connectivity index (χ3v) is 3.35. The van der Waals surface area contributed by atoms with E-state index >= 15 is 0 Å². The van der Waals surface area contributed by atoms with Crippen LogP contribution in [0.4, 0.5) is 0 Å². The number of nitriles is 1. The molecule has 4 nitrogen and oxygen atoms in total. The van der Waals surface area contributed by atoms with E-state index in [9.17, 15) is 0 Å². The summed E-state index contributed by atoms with van der Waals surface area (Å²) in [6.07, 6.45) is 0.290. The molecule has 102 valence electrons. The van der Waals surface area contributed by atoms with Gasteiger partial charge in [0.25, 0.3) is 0 Å². The highest BCUT2D eigenvalue weighted by molar-refractivity contribution is 5.36. The number of morpholine rings is 1. The van der Waals surface area contributed by atoms with E-state index < -0.39 is 0 Å².